The number of amides is 1. The molecule has 0 bridgehead atoms. The molecule has 0 aromatic heterocycles. The van der Waals surface area contributed by atoms with Gasteiger partial charge in [-0.3, -0.25) is 9.69 Å². The van der Waals surface area contributed by atoms with Crippen LogP contribution in [0.5, 0.6) is 5.75 Å². The Morgan fingerprint density at radius 2 is 1.79 bits per heavy atom. The minimum absolute atomic E-state index is 0.229. The summed E-state index contributed by atoms with van der Waals surface area (Å²) in [4.78, 5) is 27.4. The van der Waals surface area contributed by atoms with Gasteiger partial charge in [0.2, 0.25) is 0 Å². The number of hydrogen-bond donors (Lipinski definition) is 0. The number of ether oxygens (including phenoxy) is 4. The molecule has 1 saturated carbocycles. The lowest BCUT2D eigenvalue weighted by Gasteiger charge is -2.42. The average molecular weight is 454 g/mol. The van der Waals surface area contributed by atoms with Gasteiger partial charge < -0.3 is 18.9 Å². The van der Waals surface area contributed by atoms with Gasteiger partial charge in [-0.25, -0.2) is 4.79 Å². The summed E-state index contributed by atoms with van der Waals surface area (Å²) < 4.78 is 22.3. The lowest BCUT2D eigenvalue weighted by molar-refractivity contribution is -0.167. The van der Waals surface area contributed by atoms with Crippen molar-refractivity contribution in [2.45, 2.75) is 44.4 Å². The van der Waals surface area contributed by atoms with E-state index in [0.717, 1.165) is 29.7 Å². The molecule has 33 heavy (non-hydrogen) atoms. The van der Waals surface area contributed by atoms with Crippen LogP contribution in [0.4, 0.5) is 4.79 Å². The van der Waals surface area contributed by atoms with Crippen LogP contribution in [-0.4, -0.2) is 49.9 Å². The van der Waals surface area contributed by atoms with Crippen molar-refractivity contribution < 1.29 is 28.5 Å². The van der Waals surface area contributed by atoms with Crippen molar-refractivity contribution in [3.63, 3.8) is 0 Å². The van der Waals surface area contributed by atoms with Crippen LogP contribution in [-0.2, 0) is 32.2 Å². The van der Waals surface area contributed by atoms with Crippen LogP contribution in [0.2, 0.25) is 0 Å². The van der Waals surface area contributed by atoms with E-state index in [2.05, 4.69) is 0 Å². The van der Waals surface area contributed by atoms with Crippen LogP contribution in [0, 0.1) is 5.41 Å². The Bertz CT molecular complexity index is 963. The van der Waals surface area contributed by atoms with E-state index >= 15 is 0 Å². The maximum Gasteiger partial charge on any atom is 0.410 e. The standard InChI is InChI=1S/C26H31NO6/c1-30-22-11-9-20(10-12-22)15-27-18-26(33-24(27)29)14-6-13-25(17-26,23(28)31-2)19-32-16-21-7-4-3-5-8-21/h3-5,7-12H,6,13-19H2,1-2H3/t25-,26-/m0/s1. The molecule has 1 spiro atoms. The number of benzene rings is 2. The Balaban J connectivity index is 1.45. The van der Waals surface area contributed by atoms with Crippen LogP contribution in [0.3, 0.4) is 0 Å². The summed E-state index contributed by atoms with van der Waals surface area (Å²) in [5, 5.41) is 0. The lowest BCUT2D eigenvalue weighted by atomic mass is 9.67. The van der Waals surface area contributed by atoms with Crippen molar-refractivity contribution in [1.82, 2.24) is 4.90 Å². The Morgan fingerprint density at radius 1 is 1.03 bits per heavy atom. The lowest BCUT2D eigenvalue weighted by Crippen LogP contribution is -2.50. The zero-order chi connectivity index (χ0) is 23.3. The molecule has 2 aromatic carbocycles. The maximum absolute atomic E-state index is 12.9. The van der Waals surface area contributed by atoms with E-state index in [-0.39, 0.29) is 18.7 Å². The number of carbonyl (C=O) groups is 2. The normalized spacial score (nSPS) is 24.5. The predicted molar refractivity (Wildman–Crippen MR) is 122 cm³/mol. The van der Waals surface area contributed by atoms with Crippen molar-refractivity contribution in [3.05, 3.63) is 65.7 Å². The molecular weight excluding hydrogens is 422 g/mol. The largest absolute Gasteiger partial charge is 0.497 e. The quantitative estimate of drug-likeness (QED) is 0.554. The molecule has 2 atom stereocenters. The SMILES string of the molecule is COC(=O)[C@@]1(COCc2ccccc2)CCC[C@@]2(CN(Cc3ccc(OC)cc3)C(=O)O2)C1. The third-order valence-corrected chi connectivity index (χ3v) is 6.63. The van der Waals surface area contributed by atoms with Gasteiger partial charge in [-0.1, -0.05) is 42.5 Å². The van der Waals surface area contributed by atoms with Gasteiger partial charge in [0.25, 0.3) is 0 Å². The summed E-state index contributed by atoms with van der Waals surface area (Å²) in [6.45, 7) is 1.53. The molecule has 2 aromatic rings. The van der Waals surface area contributed by atoms with Gasteiger partial charge >= 0.3 is 12.1 Å². The highest BCUT2D eigenvalue weighted by molar-refractivity contribution is 5.78. The van der Waals surface area contributed by atoms with E-state index in [0.29, 0.717) is 32.5 Å². The van der Waals surface area contributed by atoms with Crippen molar-refractivity contribution in [3.8, 4) is 5.75 Å². The topological polar surface area (TPSA) is 74.3 Å². The third kappa shape index (κ3) is 5.14. The minimum Gasteiger partial charge on any atom is -0.497 e. The van der Waals surface area contributed by atoms with Crippen molar-refractivity contribution >= 4 is 12.1 Å². The van der Waals surface area contributed by atoms with Gasteiger partial charge in [0.05, 0.1) is 39.4 Å². The molecule has 1 heterocycles. The zero-order valence-electron chi connectivity index (χ0n) is 19.2. The molecule has 0 N–H and O–H groups in total. The van der Waals surface area contributed by atoms with Crippen LogP contribution >= 0.6 is 0 Å². The highest BCUT2D eigenvalue weighted by Gasteiger charge is 2.56. The molecule has 176 valence electrons. The average Bonchev–Trinajstić information content (AvgIpc) is 3.13. The summed E-state index contributed by atoms with van der Waals surface area (Å²) in [7, 11) is 3.02. The van der Waals surface area contributed by atoms with E-state index in [9.17, 15) is 9.59 Å². The summed E-state index contributed by atoms with van der Waals surface area (Å²) in [6.07, 6.45) is 2.16. The van der Waals surface area contributed by atoms with Crippen LogP contribution in [0.1, 0.15) is 36.8 Å². The fourth-order valence-corrected chi connectivity index (χ4v) is 5.04. The molecule has 0 unspecified atom stereocenters. The smallest absolute Gasteiger partial charge is 0.410 e. The summed E-state index contributed by atoms with van der Waals surface area (Å²) in [5.74, 6) is 0.462. The molecule has 2 aliphatic rings. The Labute approximate surface area is 194 Å². The molecule has 1 aliphatic heterocycles. The van der Waals surface area contributed by atoms with E-state index in [1.165, 1.54) is 7.11 Å². The first-order valence-electron chi connectivity index (χ1n) is 11.3. The second-order valence-corrected chi connectivity index (χ2v) is 9.04. The fraction of sp³-hybridized carbons (Fsp3) is 0.462. The van der Waals surface area contributed by atoms with E-state index < -0.39 is 11.0 Å². The molecule has 1 aliphatic carbocycles. The van der Waals surface area contributed by atoms with Gasteiger partial charge in [0.15, 0.2) is 0 Å². The maximum atomic E-state index is 12.9. The summed E-state index contributed by atoms with van der Waals surface area (Å²) >= 11 is 0. The number of nitrogens with zero attached hydrogens (tertiary/aromatic N) is 1. The molecule has 1 amide bonds. The zero-order valence-corrected chi connectivity index (χ0v) is 19.2. The molecule has 7 nitrogen and oxygen atoms in total. The van der Waals surface area contributed by atoms with Crippen molar-refractivity contribution in [2.24, 2.45) is 5.41 Å². The first-order valence-corrected chi connectivity index (χ1v) is 11.3. The monoisotopic (exact) mass is 453 g/mol. The van der Waals surface area contributed by atoms with Crippen LogP contribution < -0.4 is 4.74 Å². The predicted octanol–water partition coefficient (Wildman–Crippen LogP) is 4.34. The Hall–Kier alpha value is -3.06. The summed E-state index contributed by atoms with van der Waals surface area (Å²) in [5.41, 5.74) is 0.483. The van der Waals surface area contributed by atoms with E-state index in [1.54, 1.807) is 12.0 Å². The molecule has 1 saturated heterocycles. The number of rotatable bonds is 8. The van der Waals surface area contributed by atoms with Gasteiger partial charge in [-0.2, -0.15) is 0 Å². The fourth-order valence-electron chi connectivity index (χ4n) is 5.04. The second kappa shape index (κ2) is 9.83. The minimum atomic E-state index is -0.835. The number of hydrogen-bond acceptors (Lipinski definition) is 6. The summed E-state index contributed by atoms with van der Waals surface area (Å²) in [6, 6.07) is 17.5. The third-order valence-electron chi connectivity index (χ3n) is 6.63. The molecular formula is C26H31NO6. The van der Waals surface area contributed by atoms with Gasteiger partial charge in [0, 0.05) is 13.0 Å². The first kappa shape index (κ1) is 23.1. The molecule has 2 fully saturated rings. The van der Waals surface area contributed by atoms with E-state index in [1.807, 2.05) is 54.6 Å². The van der Waals surface area contributed by atoms with Gasteiger partial charge in [-0.15, -0.1) is 0 Å². The number of esters is 1. The highest BCUT2D eigenvalue weighted by Crippen LogP contribution is 2.47. The van der Waals surface area contributed by atoms with Crippen molar-refractivity contribution in [2.75, 3.05) is 27.4 Å². The van der Waals surface area contributed by atoms with Crippen LogP contribution in [0.25, 0.3) is 0 Å². The van der Waals surface area contributed by atoms with Gasteiger partial charge in [-0.05, 0) is 42.5 Å². The highest BCUT2D eigenvalue weighted by atomic mass is 16.6. The molecule has 4 rings (SSSR count). The molecule has 0 radical (unpaired) electrons. The van der Waals surface area contributed by atoms with Gasteiger partial charge in [0.1, 0.15) is 11.4 Å². The number of carbonyl (C=O) groups excluding carboxylic acids is 2. The molecule has 7 heteroatoms. The number of methoxy groups -OCH3 is 2. The van der Waals surface area contributed by atoms with Crippen molar-refractivity contribution in [1.29, 1.82) is 0 Å². The van der Waals surface area contributed by atoms with Crippen LogP contribution in [0.15, 0.2) is 54.6 Å². The Kier molecular flexibility index (Phi) is 6.88. The first-order chi connectivity index (χ1) is 16.0. The second-order valence-electron chi connectivity index (χ2n) is 9.04. The van der Waals surface area contributed by atoms with E-state index in [4.69, 9.17) is 18.9 Å². The Morgan fingerprint density at radius 3 is 2.48 bits per heavy atom.